The number of rotatable bonds is 13. The van der Waals surface area contributed by atoms with Crippen LogP contribution in [0.15, 0.2) is 12.2 Å². The molecule has 3 atom stereocenters. The third kappa shape index (κ3) is 8.09. The number of hydrogen-bond donors (Lipinski definition) is 2. The van der Waals surface area contributed by atoms with E-state index < -0.39 is 11.8 Å². The van der Waals surface area contributed by atoms with Crippen molar-refractivity contribution in [2.24, 2.45) is 11.8 Å². The molecule has 4 heteroatoms. The molecule has 1 rings (SSSR count). The summed E-state index contributed by atoms with van der Waals surface area (Å²) >= 11 is 0. The molecule has 1 aliphatic rings. The number of carboxylic acids is 1. The molecule has 1 unspecified atom stereocenters. The van der Waals surface area contributed by atoms with Gasteiger partial charge in [0.25, 0.3) is 0 Å². The van der Waals surface area contributed by atoms with Gasteiger partial charge in [0.1, 0.15) is 0 Å². The van der Waals surface area contributed by atoms with Crippen molar-refractivity contribution in [1.29, 1.82) is 0 Å². The zero-order valence-electron chi connectivity index (χ0n) is 15.1. The zero-order chi connectivity index (χ0) is 17.8. The number of hydrogen-bond acceptors (Lipinski definition) is 3. The number of carboxylic acid groups (broad SMARTS) is 1. The fourth-order valence-electron chi connectivity index (χ4n) is 3.63. The van der Waals surface area contributed by atoms with Crippen molar-refractivity contribution in [3.05, 3.63) is 12.2 Å². The molecule has 0 amide bonds. The maximum absolute atomic E-state index is 11.0. The van der Waals surface area contributed by atoms with Crippen LogP contribution in [0.1, 0.15) is 84.0 Å². The first-order chi connectivity index (χ1) is 11.6. The lowest BCUT2D eigenvalue weighted by Gasteiger charge is -2.19. The van der Waals surface area contributed by atoms with Gasteiger partial charge in [-0.25, -0.2) is 4.79 Å². The number of aliphatic hydroxyl groups is 1. The SMILES string of the molecule is CCCCCCC=C[C@H]1CCC(O)[C@@H]1CCCCCC(=O)C(=O)O. The molecule has 4 nitrogen and oxygen atoms in total. The van der Waals surface area contributed by atoms with E-state index in [0.29, 0.717) is 18.3 Å². The summed E-state index contributed by atoms with van der Waals surface area (Å²) in [5, 5.41) is 18.7. The highest BCUT2D eigenvalue weighted by molar-refractivity contribution is 6.32. The van der Waals surface area contributed by atoms with E-state index in [0.717, 1.165) is 38.5 Å². The van der Waals surface area contributed by atoms with Crippen LogP contribution in [0.25, 0.3) is 0 Å². The van der Waals surface area contributed by atoms with E-state index in [4.69, 9.17) is 5.11 Å². The van der Waals surface area contributed by atoms with Gasteiger partial charge in [-0.3, -0.25) is 4.79 Å². The Bertz CT molecular complexity index is 402. The van der Waals surface area contributed by atoms with Gasteiger partial charge in [0.15, 0.2) is 0 Å². The minimum absolute atomic E-state index is 0.129. The minimum atomic E-state index is -1.33. The van der Waals surface area contributed by atoms with Gasteiger partial charge >= 0.3 is 5.97 Å². The average Bonchev–Trinajstić information content (AvgIpc) is 2.90. The Hall–Kier alpha value is -1.16. The molecular formula is C20H34O4. The summed E-state index contributed by atoms with van der Waals surface area (Å²) in [7, 11) is 0. The van der Waals surface area contributed by atoms with Crippen LogP contribution in [0.3, 0.4) is 0 Å². The van der Waals surface area contributed by atoms with Crippen molar-refractivity contribution in [2.45, 2.75) is 90.1 Å². The van der Waals surface area contributed by atoms with Crippen LogP contribution >= 0.6 is 0 Å². The summed E-state index contributed by atoms with van der Waals surface area (Å²) in [5.41, 5.74) is 0. The predicted molar refractivity (Wildman–Crippen MR) is 95.8 cm³/mol. The number of aliphatic carboxylic acids is 1. The van der Waals surface area contributed by atoms with Gasteiger partial charge < -0.3 is 10.2 Å². The van der Waals surface area contributed by atoms with E-state index in [1.807, 2.05) is 0 Å². The molecule has 24 heavy (non-hydrogen) atoms. The Balaban J connectivity index is 2.22. The highest BCUT2D eigenvalue weighted by atomic mass is 16.4. The molecule has 0 spiro atoms. The molecule has 1 fully saturated rings. The Kier molecular flexibility index (Phi) is 10.6. The molecule has 0 saturated heterocycles. The standard InChI is InChI=1S/C20H34O4/c1-2-3-4-5-6-8-11-16-14-15-18(21)17(16)12-9-7-10-13-19(22)20(23)24/h8,11,16-18,21H,2-7,9-10,12-15H2,1H3,(H,23,24)/t16-,17+,18?/m0/s1. The third-order valence-electron chi connectivity index (χ3n) is 5.13. The largest absolute Gasteiger partial charge is 0.476 e. The number of aliphatic hydroxyl groups excluding tert-OH is 1. The number of carbonyl (C=O) groups is 2. The Morgan fingerprint density at radius 3 is 2.50 bits per heavy atom. The van der Waals surface area contributed by atoms with Gasteiger partial charge in [0, 0.05) is 6.42 Å². The van der Waals surface area contributed by atoms with E-state index in [2.05, 4.69) is 19.1 Å². The number of allylic oxidation sites excluding steroid dienone is 2. The molecule has 2 N–H and O–H groups in total. The molecule has 138 valence electrons. The Morgan fingerprint density at radius 2 is 1.79 bits per heavy atom. The predicted octanol–water partition coefficient (Wildman–Crippen LogP) is 4.50. The Labute approximate surface area is 146 Å². The summed E-state index contributed by atoms with van der Waals surface area (Å²) in [6.45, 7) is 2.22. The molecule has 0 aromatic carbocycles. The first-order valence-corrected chi connectivity index (χ1v) is 9.67. The molecule has 0 bridgehead atoms. The van der Waals surface area contributed by atoms with Crippen LogP contribution in [0.5, 0.6) is 0 Å². The van der Waals surface area contributed by atoms with Crippen molar-refractivity contribution in [3.8, 4) is 0 Å². The third-order valence-corrected chi connectivity index (χ3v) is 5.13. The van der Waals surface area contributed by atoms with Gasteiger partial charge in [-0.15, -0.1) is 0 Å². The van der Waals surface area contributed by atoms with Gasteiger partial charge in [-0.1, -0.05) is 51.2 Å². The lowest BCUT2D eigenvalue weighted by molar-refractivity contribution is -0.149. The van der Waals surface area contributed by atoms with Crippen LogP contribution in [-0.2, 0) is 9.59 Å². The molecule has 0 aromatic rings. The first-order valence-electron chi connectivity index (χ1n) is 9.67. The van der Waals surface area contributed by atoms with E-state index >= 15 is 0 Å². The lowest BCUT2D eigenvalue weighted by Crippen LogP contribution is -2.18. The van der Waals surface area contributed by atoms with Crippen molar-refractivity contribution in [3.63, 3.8) is 0 Å². The quantitative estimate of drug-likeness (QED) is 0.294. The molecule has 0 heterocycles. The summed E-state index contributed by atoms with van der Waals surface area (Å²) in [6.07, 6.45) is 16.1. The maximum atomic E-state index is 11.0. The van der Waals surface area contributed by atoms with Crippen LogP contribution in [0.4, 0.5) is 0 Å². The Morgan fingerprint density at radius 1 is 1.04 bits per heavy atom. The number of Topliss-reactive ketones (excluding diaryl/α,β-unsaturated/α-hetero) is 1. The summed E-state index contributed by atoms with van der Waals surface area (Å²) in [5.74, 6) is -1.22. The number of unbranched alkanes of at least 4 members (excludes halogenated alkanes) is 6. The average molecular weight is 338 g/mol. The second-order valence-electron chi connectivity index (χ2n) is 7.08. The van der Waals surface area contributed by atoms with Crippen molar-refractivity contribution in [2.75, 3.05) is 0 Å². The maximum Gasteiger partial charge on any atom is 0.372 e. The fourth-order valence-corrected chi connectivity index (χ4v) is 3.63. The molecule has 0 aromatic heterocycles. The summed E-state index contributed by atoms with van der Waals surface area (Å²) < 4.78 is 0. The molecule has 1 saturated carbocycles. The second kappa shape index (κ2) is 12.2. The monoisotopic (exact) mass is 338 g/mol. The zero-order valence-corrected chi connectivity index (χ0v) is 15.1. The molecular weight excluding hydrogens is 304 g/mol. The normalized spacial score (nSPS) is 23.8. The van der Waals surface area contributed by atoms with Gasteiger partial charge in [0.2, 0.25) is 5.78 Å². The number of carbonyl (C=O) groups excluding carboxylic acids is 1. The van der Waals surface area contributed by atoms with E-state index in [9.17, 15) is 14.7 Å². The smallest absolute Gasteiger partial charge is 0.372 e. The lowest BCUT2D eigenvalue weighted by atomic mass is 9.88. The van der Waals surface area contributed by atoms with Crippen LogP contribution < -0.4 is 0 Å². The summed E-state index contributed by atoms with van der Waals surface area (Å²) in [4.78, 5) is 21.5. The molecule has 0 radical (unpaired) electrons. The highest BCUT2D eigenvalue weighted by Gasteiger charge is 2.32. The van der Waals surface area contributed by atoms with Crippen molar-refractivity contribution in [1.82, 2.24) is 0 Å². The van der Waals surface area contributed by atoms with Crippen LogP contribution in [0, 0.1) is 11.8 Å². The topological polar surface area (TPSA) is 74.6 Å². The fraction of sp³-hybridized carbons (Fsp3) is 0.800. The van der Waals surface area contributed by atoms with Gasteiger partial charge in [-0.05, 0) is 50.4 Å². The van der Waals surface area contributed by atoms with Crippen molar-refractivity contribution >= 4 is 11.8 Å². The van der Waals surface area contributed by atoms with E-state index in [1.165, 1.54) is 25.7 Å². The molecule has 0 aliphatic heterocycles. The van der Waals surface area contributed by atoms with Crippen molar-refractivity contribution < 1.29 is 19.8 Å². The van der Waals surface area contributed by atoms with Crippen LogP contribution in [0.2, 0.25) is 0 Å². The highest BCUT2D eigenvalue weighted by Crippen LogP contribution is 2.36. The van der Waals surface area contributed by atoms with E-state index in [1.54, 1.807) is 0 Å². The second-order valence-corrected chi connectivity index (χ2v) is 7.08. The molecule has 1 aliphatic carbocycles. The van der Waals surface area contributed by atoms with E-state index in [-0.39, 0.29) is 12.5 Å². The first kappa shape index (κ1) is 20.9. The number of ketones is 1. The van der Waals surface area contributed by atoms with Crippen LogP contribution in [-0.4, -0.2) is 28.1 Å². The minimum Gasteiger partial charge on any atom is -0.476 e. The van der Waals surface area contributed by atoms with Gasteiger partial charge in [0.05, 0.1) is 6.10 Å². The van der Waals surface area contributed by atoms with Gasteiger partial charge in [-0.2, -0.15) is 0 Å². The summed E-state index contributed by atoms with van der Waals surface area (Å²) in [6, 6.07) is 0.